The number of benzene rings is 1. The van der Waals surface area contributed by atoms with Gasteiger partial charge in [-0.25, -0.2) is 0 Å². The molecule has 3 nitrogen and oxygen atoms in total. The molecule has 0 saturated heterocycles. The lowest BCUT2D eigenvalue weighted by molar-refractivity contribution is 0.0774. The maximum atomic E-state index is 12.5. The van der Waals surface area contributed by atoms with Crippen LogP contribution in [-0.4, -0.2) is 22.4 Å². The number of halogens is 1. The Morgan fingerprint density at radius 2 is 2.15 bits per heavy atom. The smallest absolute Gasteiger partial charge is 0.270 e. The molecule has 4 heteroatoms. The first-order valence-electron chi connectivity index (χ1n) is 6.82. The van der Waals surface area contributed by atoms with Gasteiger partial charge in [0.2, 0.25) is 0 Å². The summed E-state index contributed by atoms with van der Waals surface area (Å²) in [5.41, 5.74) is 1.92. The summed E-state index contributed by atoms with van der Waals surface area (Å²) in [5.74, 6) is 0.0851. The van der Waals surface area contributed by atoms with Gasteiger partial charge in [-0.3, -0.25) is 4.79 Å². The molecule has 0 N–H and O–H groups in total. The highest BCUT2D eigenvalue weighted by atomic mass is 79.9. The van der Waals surface area contributed by atoms with Gasteiger partial charge in [0.1, 0.15) is 5.69 Å². The summed E-state index contributed by atoms with van der Waals surface area (Å²) in [6.45, 7) is 0.619. The van der Waals surface area contributed by atoms with Crippen molar-refractivity contribution in [1.82, 2.24) is 9.47 Å². The summed E-state index contributed by atoms with van der Waals surface area (Å²) in [4.78, 5) is 14.3. The number of carbonyl (C=O) groups is 1. The Morgan fingerprint density at radius 1 is 1.35 bits per heavy atom. The van der Waals surface area contributed by atoms with Crippen LogP contribution in [0.25, 0.3) is 0 Å². The van der Waals surface area contributed by atoms with Gasteiger partial charge in [-0.1, -0.05) is 28.1 Å². The molecule has 104 valence electrons. The van der Waals surface area contributed by atoms with E-state index in [4.69, 9.17) is 0 Å². The molecule has 0 radical (unpaired) electrons. The zero-order chi connectivity index (χ0) is 14.1. The molecule has 1 amide bonds. The quantitative estimate of drug-likeness (QED) is 0.834. The van der Waals surface area contributed by atoms with Crippen molar-refractivity contribution >= 4 is 21.8 Å². The first-order valence-corrected chi connectivity index (χ1v) is 7.61. The van der Waals surface area contributed by atoms with Crippen molar-refractivity contribution in [2.75, 3.05) is 7.05 Å². The minimum absolute atomic E-state index is 0.0851. The lowest BCUT2D eigenvalue weighted by atomic mass is 10.2. The molecule has 1 saturated carbocycles. The minimum atomic E-state index is 0.0851. The summed E-state index contributed by atoms with van der Waals surface area (Å²) in [6, 6.07) is 12.5. The van der Waals surface area contributed by atoms with Crippen LogP contribution in [0.3, 0.4) is 0 Å². The van der Waals surface area contributed by atoms with Gasteiger partial charge in [-0.05, 0) is 42.7 Å². The standard InChI is InChI=1S/C16H17BrN2O/c1-18(11-12-4-2-5-13(17)10-12)16(20)15-6-3-9-19(15)14-7-8-14/h2-6,9-10,14H,7-8,11H2,1H3. The van der Waals surface area contributed by atoms with Gasteiger partial charge in [-0.15, -0.1) is 0 Å². The number of carbonyl (C=O) groups excluding carboxylic acids is 1. The van der Waals surface area contributed by atoms with Crippen LogP contribution in [0, 0.1) is 0 Å². The van der Waals surface area contributed by atoms with Gasteiger partial charge >= 0.3 is 0 Å². The third-order valence-electron chi connectivity index (χ3n) is 3.59. The Balaban J connectivity index is 1.74. The maximum Gasteiger partial charge on any atom is 0.270 e. The molecule has 1 aromatic heterocycles. The van der Waals surface area contributed by atoms with Crippen LogP contribution >= 0.6 is 15.9 Å². The van der Waals surface area contributed by atoms with Gasteiger partial charge in [0, 0.05) is 30.3 Å². The Labute approximate surface area is 127 Å². The summed E-state index contributed by atoms with van der Waals surface area (Å²) in [6.07, 6.45) is 4.38. The van der Waals surface area contributed by atoms with E-state index in [0.717, 1.165) is 15.7 Å². The molecule has 2 aromatic rings. The van der Waals surface area contributed by atoms with E-state index < -0.39 is 0 Å². The van der Waals surface area contributed by atoms with E-state index in [0.29, 0.717) is 12.6 Å². The molecule has 1 aliphatic carbocycles. The van der Waals surface area contributed by atoms with E-state index in [2.05, 4.69) is 20.5 Å². The average Bonchev–Trinajstić information content (AvgIpc) is 3.15. The highest BCUT2D eigenvalue weighted by Gasteiger charge is 2.27. The molecule has 0 spiro atoms. The second kappa shape index (κ2) is 5.44. The number of hydrogen-bond donors (Lipinski definition) is 0. The fourth-order valence-corrected chi connectivity index (χ4v) is 2.87. The zero-order valence-electron chi connectivity index (χ0n) is 11.4. The van der Waals surface area contributed by atoms with Crippen LogP contribution in [0.1, 0.15) is 34.9 Å². The molecule has 1 heterocycles. The summed E-state index contributed by atoms with van der Waals surface area (Å²) >= 11 is 3.46. The Kier molecular flexibility index (Phi) is 3.66. The molecule has 1 fully saturated rings. The van der Waals surface area contributed by atoms with E-state index in [1.54, 1.807) is 4.90 Å². The second-order valence-electron chi connectivity index (χ2n) is 5.32. The van der Waals surface area contributed by atoms with Crippen molar-refractivity contribution in [3.63, 3.8) is 0 Å². The molecule has 1 aliphatic rings. The monoisotopic (exact) mass is 332 g/mol. The van der Waals surface area contributed by atoms with Crippen LogP contribution in [-0.2, 0) is 6.54 Å². The van der Waals surface area contributed by atoms with Crippen molar-refractivity contribution < 1.29 is 4.79 Å². The first-order chi connectivity index (χ1) is 9.65. The summed E-state index contributed by atoms with van der Waals surface area (Å²) < 4.78 is 3.15. The van der Waals surface area contributed by atoms with Crippen LogP contribution in [0.4, 0.5) is 0 Å². The molecule has 0 atom stereocenters. The van der Waals surface area contributed by atoms with Gasteiger partial charge in [0.05, 0.1) is 0 Å². The van der Waals surface area contributed by atoms with Crippen molar-refractivity contribution in [2.45, 2.75) is 25.4 Å². The normalized spacial score (nSPS) is 14.3. The SMILES string of the molecule is CN(Cc1cccc(Br)c1)C(=O)c1cccn1C1CC1. The van der Waals surface area contributed by atoms with E-state index in [1.807, 2.05) is 49.6 Å². The Hall–Kier alpha value is -1.55. The third kappa shape index (κ3) is 2.80. The van der Waals surface area contributed by atoms with Crippen molar-refractivity contribution in [1.29, 1.82) is 0 Å². The largest absolute Gasteiger partial charge is 0.340 e. The van der Waals surface area contributed by atoms with Crippen LogP contribution in [0.15, 0.2) is 47.1 Å². The maximum absolute atomic E-state index is 12.5. The minimum Gasteiger partial charge on any atom is -0.340 e. The van der Waals surface area contributed by atoms with Crippen LogP contribution in [0.2, 0.25) is 0 Å². The molecular weight excluding hydrogens is 316 g/mol. The fourth-order valence-electron chi connectivity index (χ4n) is 2.42. The zero-order valence-corrected chi connectivity index (χ0v) is 13.0. The summed E-state index contributed by atoms with van der Waals surface area (Å²) in [5, 5.41) is 0. The van der Waals surface area contributed by atoms with Crippen LogP contribution in [0.5, 0.6) is 0 Å². The molecule has 3 rings (SSSR count). The number of amides is 1. The van der Waals surface area contributed by atoms with Crippen molar-refractivity contribution in [3.05, 3.63) is 58.3 Å². The first kappa shape index (κ1) is 13.4. The van der Waals surface area contributed by atoms with E-state index in [-0.39, 0.29) is 5.91 Å². The Morgan fingerprint density at radius 3 is 2.85 bits per heavy atom. The average molecular weight is 333 g/mol. The van der Waals surface area contributed by atoms with Crippen molar-refractivity contribution in [3.8, 4) is 0 Å². The van der Waals surface area contributed by atoms with E-state index in [1.165, 1.54) is 12.8 Å². The predicted octanol–water partition coefficient (Wildman–Crippen LogP) is 3.86. The Bertz CT molecular complexity index is 631. The van der Waals surface area contributed by atoms with Crippen LogP contribution < -0.4 is 0 Å². The second-order valence-corrected chi connectivity index (χ2v) is 6.24. The molecular formula is C16H17BrN2O. The topological polar surface area (TPSA) is 25.2 Å². The highest BCUT2D eigenvalue weighted by molar-refractivity contribution is 9.10. The van der Waals surface area contributed by atoms with Gasteiger partial charge in [0.25, 0.3) is 5.91 Å². The highest BCUT2D eigenvalue weighted by Crippen LogP contribution is 2.36. The number of hydrogen-bond acceptors (Lipinski definition) is 1. The van der Waals surface area contributed by atoms with E-state index >= 15 is 0 Å². The molecule has 0 unspecified atom stereocenters. The summed E-state index contributed by atoms with van der Waals surface area (Å²) in [7, 11) is 1.85. The lowest BCUT2D eigenvalue weighted by Gasteiger charge is -2.18. The lowest BCUT2D eigenvalue weighted by Crippen LogP contribution is -2.28. The van der Waals surface area contributed by atoms with Crippen molar-refractivity contribution in [2.24, 2.45) is 0 Å². The molecule has 0 aliphatic heterocycles. The number of rotatable bonds is 4. The molecule has 1 aromatic carbocycles. The molecule has 20 heavy (non-hydrogen) atoms. The molecule has 0 bridgehead atoms. The van der Waals surface area contributed by atoms with E-state index in [9.17, 15) is 4.79 Å². The van der Waals surface area contributed by atoms with Gasteiger partial charge in [0.15, 0.2) is 0 Å². The predicted molar refractivity (Wildman–Crippen MR) is 82.6 cm³/mol. The fraction of sp³-hybridized carbons (Fsp3) is 0.312. The van der Waals surface area contributed by atoms with Gasteiger partial charge < -0.3 is 9.47 Å². The number of nitrogens with zero attached hydrogens (tertiary/aromatic N) is 2. The van der Waals surface area contributed by atoms with Gasteiger partial charge in [-0.2, -0.15) is 0 Å². The third-order valence-corrected chi connectivity index (χ3v) is 4.09. The number of aromatic nitrogens is 1.